The highest BCUT2D eigenvalue weighted by atomic mass is 35.5. The number of rotatable bonds is 6. The Hall–Kier alpha value is -3.75. The second kappa shape index (κ2) is 9.26. The number of amides is 1. The quantitative estimate of drug-likeness (QED) is 0.425. The molecule has 6 heteroatoms. The summed E-state index contributed by atoms with van der Waals surface area (Å²) in [6, 6.07) is 25.2. The summed E-state index contributed by atoms with van der Waals surface area (Å²) >= 11 is 5.89. The topological polar surface area (TPSA) is 74.1 Å². The van der Waals surface area contributed by atoms with Gasteiger partial charge in [-0.1, -0.05) is 35.9 Å². The number of nitriles is 1. The Bertz CT molecular complexity index is 1030. The van der Waals surface area contributed by atoms with Crippen molar-refractivity contribution in [2.24, 2.45) is 0 Å². The summed E-state index contributed by atoms with van der Waals surface area (Å²) < 4.78 is 5.72. The number of para-hydroxylation sites is 1. The van der Waals surface area contributed by atoms with E-state index < -0.39 is 5.91 Å². The van der Waals surface area contributed by atoms with Crippen molar-refractivity contribution in [2.45, 2.75) is 0 Å². The smallest absolute Gasteiger partial charge is 0.267 e. The van der Waals surface area contributed by atoms with Crippen molar-refractivity contribution >= 4 is 28.9 Å². The first-order valence-corrected chi connectivity index (χ1v) is 8.78. The van der Waals surface area contributed by atoms with E-state index in [1.807, 2.05) is 36.4 Å². The normalized spacial score (nSPS) is 10.6. The second-order valence-corrected chi connectivity index (χ2v) is 6.15. The summed E-state index contributed by atoms with van der Waals surface area (Å²) in [4.78, 5) is 12.2. The van der Waals surface area contributed by atoms with Crippen LogP contribution in [0.1, 0.15) is 0 Å². The van der Waals surface area contributed by atoms with Gasteiger partial charge < -0.3 is 15.4 Å². The Labute approximate surface area is 167 Å². The van der Waals surface area contributed by atoms with Crippen molar-refractivity contribution in [3.05, 3.63) is 95.7 Å². The number of nitrogens with zero attached hydrogens (tertiary/aromatic N) is 1. The van der Waals surface area contributed by atoms with Crippen LogP contribution >= 0.6 is 11.6 Å². The van der Waals surface area contributed by atoms with Gasteiger partial charge in [-0.15, -0.1) is 0 Å². The van der Waals surface area contributed by atoms with E-state index in [2.05, 4.69) is 10.6 Å². The van der Waals surface area contributed by atoms with Crippen LogP contribution in [0, 0.1) is 11.3 Å². The Balaban J connectivity index is 1.62. The summed E-state index contributed by atoms with van der Waals surface area (Å²) in [5.41, 5.74) is 1.16. The van der Waals surface area contributed by atoms with Gasteiger partial charge in [0.25, 0.3) is 5.91 Å². The molecule has 0 fully saturated rings. The van der Waals surface area contributed by atoms with Crippen molar-refractivity contribution in [3.8, 4) is 17.6 Å². The fourth-order valence-electron chi connectivity index (χ4n) is 2.31. The standard InChI is InChI=1S/C22H16ClN3O2/c23-17-5-4-6-19(13-17)26-22(27)16(14-24)15-25-18-9-11-21(12-10-18)28-20-7-2-1-3-8-20/h1-13,15,25H,(H,26,27)/b16-15-. The Morgan fingerprint density at radius 1 is 0.929 bits per heavy atom. The number of carbonyl (C=O) groups is 1. The van der Waals surface area contributed by atoms with E-state index in [0.29, 0.717) is 22.1 Å². The number of benzene rings is 3. The predicted molar refractivity (Wildman–Crippen MR) is 110 cm³/mol. The van der Waals surface area contributed by atoms with Gasteiger partial charge in [-0.3, -0.25) is 4.79 Å². The van der Waals surface area contributed by atoms with E-state index in [9.17, 15) is 10.1 Å². The van der Waals surface area contributed by atoms with Crippen LogP contribution < -0.4 is 15.4 Å². The van der Waals surface area contributed by atoms with Crippen molar-refractivity contribution in [2.75, 3.05) is 10.6 Å². The molecule has 0 aliphatic rings. The van der Waals surface area contributed by atoms with Gasteiger partial charge in [0.1, 0.15) is 23.1 Å². The number of halogens is 1. The van der Waals surface area contributed by atoms with Crippen LogP contribution in [0.2, 0.25) is 5.02 Å². The lowest BCUT2D eigenvalue weighted by Gasteiger charge is -2.07. The van der Waals surface area contributed by atoms with Crippen LogP contribution in [-0.4, -0.2) is 5.91 Å². The molecule has 0 atom stereocenters. The van der Waals surface area contributed by atoms with Crippen LogP contribution in [0.25, 0.3) is 0 Å². The molecule has 0 saturated heterocycles. The van der Waals surface area contributed by atoms with Crippen molar-refractivity contribution < 1.29 is 9.53 Å². The molecule has 0 aliphatic carbocycles. The molecule has 5 nitrogen and oxygen atoms in total. The van der Waals surface area contributed by atoms with Gasteiger partial charge in [0.15, 0.2) is 0 Å². The number of hydrogen-bond donors (Lipinski definition) is 2. The first-order chi connectivity index (χ1) is 13.6. The fourth-order valence-corrected chi connectivity index (χ4v) is 2.50. The van der Waals surface area contributed by atoms with Crippen LogP contribution in [0.3, 0.4) is 0 Å². The van der Waals surface area contributed by atoms with E-state index >= 15 is 0 Å². The minimum atomic E-state index is -0.527. The monoisotopic (exact) mass is 389 g/mol. The van der Waals surface area contributed by atoms with E-state index in [0.717, 1.165) is 5.75 Å². The van der Waals surface area contributed by atoms with Crippen molar-refractivity contribution in [3.63, 3.8) is 0 Å². The molecule has 0 heterocycles. The maximum atomic E-state index is 12.2. The zero-order chi connectivity index (χ0) is 19.8. The van der Waals surface area contributed by atoms with E-state index in [-0.39, 0.29) is 5.57 Å². The lowest BCUT2D eigenvalue weighted by atomic mass is 10.2. The van der Waals surface area contributed by atoms with Gasteiger partial charge in [-0.05, 0) is 54.6 Å². The van der Waals surface area contributed by atoms with Gasteiger partial charge in [0.2, 0.25) is 0 Å². The van der Waals surface area contributed by atoms with E-state index in [1.54, 1.807) is 48.5 Å². The van der Waals surface area contributed by atoms with Crippen molar-refractivity contribution in [1.29, 1.82) is 5.26 Å². The van der Waals surface area contributed by atoms with Gasteiger partial charge >= 0.3 is 0 Å². The predicted octanol–water partition coefficient (Wildman–Crippen LogP) is 5.59. The van der Waals surface area contributed by atoms with Crippen LogP contribution in [0.15, 0.2) is 90.6 Å². The van der Waals surface area contributed by atoms with Crippen LogP contribution in [0.5, 0.6) is 11.5 Å². The number of ether oxygens (including phenoxy) is 1. The molecule has 0 bridgehead atoms. The SMILES string of the molecule is N#C/C(=C/Nc1ccc(Oc2ccccc2)cc1)C(=O)Nc1cccc(Cl)c1. The highest BCUT2D eigenvalue weighted by Crippen LogP contribution is 2.22. The summed E-state index contributed by atoms with van der Waals surface area (Å²) in [6.45, 7) is 0. The minimum absolute atomic E-state index is 0.0652. The van der Waals surface area contributed by atoms with Gasteiger partial charge in [-0.25, -0.2) is 0 Å². The molecule has 28 heavy (non-hydrogen) atoms. The molecule has 0 aromatic heterocycles. The zero-order valence-electron chi connectivity index (χ0n) is 14.7. The van der Waals surface area contributed by atoms with Gasteiger partial charge in [-0.2, -0.15) is 5.26 Å². The molecule has 0 radical (unpaired) electrons. The third-order valence-corrected chi connectivity index (χ3v) is 3.90. The number of carbonyl (C=O) groups excluding carboxylic acids is 1. The van der Waals surface area contributed by atoms with Crippen molar-refractivity contribution in [1.82, 2.24) is 0 Å². The second-order valence-electron chi connectivity index (χ2n) is 5.72. The van der Waals surface area contributed by atoms with Crippen LogP contribution in [-0.2, 0) is 4.79 Å². The molecule has 0 spiro atoms. The molecule has 0 saturated carbocycles. The Morgan fingerprint density at radius 2 is 1.64 bits per heavy atom. The highest BCUT2D eigenvalue weighted by Gasteiger charge is 2.09. The maximum Gasteiger partial charge on any atom is 0.267 e. The summed E-state index contributed by atoms with van der Waals surface area (Å²) in [5, 5.41) is 15.3. The average Bonchev–Trinajstić information content (AvgIpc) is 2.70. The third-order valence-electron chi connectivity index (χ3n) is 3.66. The third kappa shape index (κ3) is 5.37. The molecule has 0 aliphatic heterocycles. The minimum Gasteiger partial charge on any atom is -0.457 e. The first kappa shape index (κ1) is 19.0. The van der Waals surface area contributed by atoms with E-state index in [4.69, 9.17) is 16.3 Å². The molecule has 1 amide bonds. The molecule has 3 rings (SSSR count). The molecular weight excluding hydrogens is 374 g/mol. The largest absolute Gasteiger partial charge is 0.457 e. The Kier molecular flexibility index (Phi) is 6.29. The molecule has 3 aromatic carbocycles. The maximum absolute atomic E-state index is 12.2. The molecular formula is C22H16ClN3O2. The van der Waals surface area contributed by atoms with Gasteiger partial charge in [0.05, 0.1) is 0 Å². The number of anilines is 2. The molecule has 3 aromatic rings. The number of nitrogens with one attached hydrogen (secondary N) is 2. The molecule has 138 valence electrons. The van der Waals surface area contributed by atoms with Crippen LogP contribution in [0.4, 0.5) is 11.4 Å². The van der Waals surface area contributed by atoms with Gasteiger partial charge in [0, 0.05) is 22.6 Å². The lowest BCUT2D eigenvalue weighted by molar-refractivity contribution is -0.112. The molecule has 0 unspecified atom stereocenters. The average molecular weight is 390 g/mol. The number of hydrogen-bond acceptors (Lipinski definition) is 4. The van der Waals surface area contributed by atoms with E-state index in [1.165, 1.54) is 6.20 Å². The fraction of sp³-hybridized carbons (Fsp3) is 0. The zero-order valence-corrected chi connectivity index (χ0v) is 15.5. The summed E-state index contributed by atoms with van der Waals surface area (Å²) in [6.07, 6.45) is 1.35. The highest BCUT2D eigenvalue weighted by molar-refractivity contribution is 6.31. The summed E-state index contributed by atoms with van der Waals surface area (Å²) in [7, 11) is 0. The lowest BCUT2D eigenvalue weighted by Crippen LogP contribution is -2.14. The Morgan fingerprint density at radius 3 is 2.32 bits per heavy atom. The summed E-state index contributed by atoms with van der Waals surface area (Å²) in [5.74, 6) is 0.897. The first-order valence-electron chi connectivity index (χ1n) is 8.41. The molecule has 2 N–H and O–H groups in total.